The number of pyridine rings is 1. The maximum Gasteiger partial charge on any atom is 0.204 e. The summed E-state index contributed by atoms with van der Waals surface area (Å²) >= 11 is 0. The molecule has 0 bridgehead atoms. The van der Waals surface area contributed by atoms with Crippen LogP contribution in [-0.4, -0.2) is 24.3 Å². The zero-order valence-corrected chi connectivity index (χ0v) is 8.56. The van der Waals surface area contributed by atoms with E-state index >= 15 is 0 Å². The van der Waals surface area contributed by atoms with Gasteiger partial charge in [0.2, 0.25) is 10.9 Å². The van der Waals surface area contributed by atoms with Gasteiger partial charge in [0, 0.05) is 25.0 Å². The van der Waals surface area contributed by atoms with Crippen LogP contribution < -0.4 is 0 Å². The van der Waals surface area contributed by atoms with Gasteiger partial charge in [-0.25, -0.2) is 8.42 Å². The Morgan fingerprint density at radius 1 is 1.36 bits per heavy atom. The van der Waals surface area contributed by atoms with Gasteiger partial charge in [-0.15, -0.1) is 0 Å². The van der Waals surface area contributed by atoms with E-state index in [4.69, 9.17) is 0 Å². The molecule has 0 saturated carbocycles. The molecule has 1 saturated heterocycles. The van der Waals surface area contributed by atoms with Crippen molar-refractivity contribution in [3.63, 3.8) is 0 Å². The lowest BCUT2D eigenvalue weighted by Gasteiger charge is -2.17. The summed E-state index contributed by atoms with van der Waals surface area (Å²) in [6.45, 7) is 0.645. The molecule has 4 nitrogen and oxygen atoms in total. The first-order chi connectivity index (χ1) is 6.79. The predicted octanol–water partition coefficient (Wildman–Crippen LogP) is 0.745. The van der Waals surface area contributed by atoms with E-state index in [1.807, 2.05) is 12.1 Å². The Bertz CT molecular complexity index is 370. The molecule has 1 fully saturated rings. The van der Waals surface area contributed by atoms with Crippen molar-refractivity contribution in [3.05, 3.63) is 30.1 Å². The van der Waals surface area contributed by atoms with Crippen molar-refractivity contribution in [2.45, 2.75) is 18.9 Å². The van der Waals surface area contributed by atoms with Crippen LogP contribution >= 0.6 is 0 Å². The summed E-state index contributed by atoms with van der Waals surface area (Å²) in [7, 11) is -2.45. The van der Waals surface area contributed by atoms with E-state index in [1.165, 1.54) is 4.31 Å². The number of hydrogen-bond acceptors (Lipinski definition) is 3. The highest BCUT2D eigenvalue weighted by Crippen LogP contribution is 2.31. The van der Waals surface area contributed by atoms with Crippen LogP contribution in [0.25, 0.3) is 0 Å². The lowest BCUT2D eigenvalue weighted by molar-refractivity contribution is 0.410. The Balaban J connectivity index is 2.26. The van der Waals surface area contributed by atoms with Crippen LogP contribution in [-0.2, 0) is 10.9 Å². The van der Waals surface area contributed by atoms with Crippen LogP contribution in [0.1, 0.15) is 24.4 Å². The van der Waals surface area contributed by atoms with E-state index in [1.54, 1.807) is 12.4 Å². The zero-order valence-electron chi connectivity index (χ0n) is 7.67. The number of rotatable bonds is 2. The van der Waals surface area contributed by atoms with E-state index < -0.39 is 10.9 Å². The smallest absolute Gasteiger partial charge is 0.204 e. The highest BCUT2D eigenvalue weighted by molar-refractivity contribution is 7.69. The fourth-order valence-corrected chi connectivity index (χ4v) is 2.65. The number of hydrogen-bond donors (Lipinski definition) is 1. The average molecular weight is 212 g/mol. The third kappa shape index (κ3) is 1.78. The van der Waals surface area contributed by atoms with Gasteiger partial charge < -0.3 is 0 Å². The summed E-state index contributed by atoms with van der Waals surface area (Å²) in [6, 6.07) is 3.78. The minimum absolute atomic E-state index is 0.0270. The van der Waals surface area contributed by atoms with Gasteiger partial charge in [-0.1, -0.05) is 0 Å². The van der Waals surface area contributed by atoms with Crippen molar-refractivity contribution >= 4 is 10.9 Å². The topological polar surface area (TPSA) is 50.3 Å². The van der Waals surface area contributed by atoms with E-state index in [0.29, 0.717) is 6.54 Å². The van der Waals surface area contributed by atoms with E-state index in [9.17, 15) is 8.42 Å². The molecule has 2 heterocycles. The SMILES string of the molecule is O=[SH](=O)N1CCC[C@H]1c1ccncc1. The molecule has 2 rings (SSSR count). The molecule has 76 valence electrons. The molecule has 0 N–H and O–H groups in total. The van der Waals surface area contributed by atoms with Crippen molar-refractivity contribution in [1.82, 2.24) is 9.29 Å². The third-order valence-electron chi connectivity index (χ3n) is 2.53. The first-order valence-electron chi connectivity index (χ1n) is 4.60. The zero-order chi connectivity index (χ0) is 9.97. The molecule has 14 heavy (non-hydrogen) atoms. The number of thiol groups is 1. The fraction of sp³-hybridized carbons (Fsp3) is 0.444. The normalized spacial score (nSPS) is 23.1. The van der Waals surface area contributed by atoms with Crippen LogP contribution in [0, 0.1) is 0 Å². The van der Waals surface area contributed by atoms with Crippen molar-refractivity contribution < 1.29 is 8.42 Å². The molecule has 1 aliphatic rings. The third-order valence-corrected chi connectivity index (χ3v) is 3.42. The first kappa shape index (κ1) is 9.61. The summed E-state index contributed by atoms with van der Waals surface area (Å²) in [5, 5.41) is 0. The lowest BCUT2D eigenvalue weighted by atomic mass is 10.1. The molecule has 1 aromatic heterocycles. The van der Waals surface area contributed by atoms with E-state index in [-0.39, 0.29) is 6.04 Å². The summed E-state index contributed by atoms with van der Waals surface area (Å²) in [5.41, 5.74) is 1.04. The summed E-state index contributed by atoms with van der Waals surface area (Å²) in [6.07, 6.45) is 5.25. The van der Waals surface area contributed by atoms with Crippen molar-refractivity contribution in [2.24, 2.45) is 0 Å². The first-order valence-corrected chi connectivity index (χ1v) is 5.73. The van der Waals surface area contributed by atoms with Gasteiger partial charge in [-0.05, 0) is 30.5 Å². The molecule has 0 radical (unpaired) electrons. The molecule has 0 aliphatic carbocycles. The average Bonchev–Trinajstić information content (AvgIpc) is 2.67. The van der Waals surface area contributed by atoms with Gasteiger partial charge in [0.15, 0.2) is 0 Å². The maximum atomic E-state index is 10.9. The Morgan fingerprint density at radius 3 is 2.71 bits per heavy atom. The molecule has 1 aromatic rings. The largest absolute Gasteiger partial charge is 0.265 e. The number of aromatic nitrogens is 1. The highest BCUT2D eigenvalue weighted by atomic mass is 32.2. The second kappa shape index (κ2) is 4.06. The van der Waals surface area contributed by atoms with Crippen LogP contribution in [0.15, 0.2) is 24.5 Å². The van der Waals surface area contributed by atoms with Crippen LogP contribution in [0.5, 0.6) is 0 Å². The van der Waals surface area contributed by atoms with Crippen molar-refractivity contribution in [3.8, 4) is 0 Å². The number of nitrogens with zero attached hydrogens (tertiary/aromatic N) is 2. The van der Waals surface area contributed by atoms with Gasteiger partial charge >= 0.3 is 0 Å². The molecular formula is C9H12N2O2S. The van der Waals surface area contributed by atoms with Crippen LogP contribution in [0.2, 0.25) is 0 Å². The standard InChI is InChI=1S/C9H12N2O2S/c12-14(13)11-7-1-2-9(11)8-3-5-10-6-4-8/h3-6,9,14H,1-2,7H2/t9-/m0/s1. The Labute approximate surface area is 84.7 Å². The van der Waals surface area contributed by atoms with Crippen molar-refractivity contribution in [2.75, 3.05) is 6.54 Å². The van der Waals surface area contributed by atoms with E-state index in [0.717, 1.165) is 18.4 Å². The van der Waals surface area contributed by atoms with Gasteiger partial charge in [0.25, 0.3) is 0 Å². The molecule has 0 amide bonds. The van der Waals surface area contributed by atoms with Gasteiger partial charge in [0.05, 0.1) is 0 Å². The quantitative estimate of drug-likeness (QED) is 0.736. The van der Waals surface area contributed by atoms with Crippen LogP contribution in [0.3, 0.4) is 0 Å². The Hall–Kier alpha value is -0.940. The fourth-order valence-electron chi connectivity index (χ4n) is 1.87. The highest BCUT2D eigenvalue weighted by Gasteiger charge is 2.27. The van der Waals surface area contributed by atoms with Crippen LogP contribution in [0.4, 0.5) is 0 Å². The minimum Gasteiger partial charge on any atom is -0.265 e. The molecule has 0 spiro atoms. The molecular weight excluding hydrogens is 200 g/mol. The minimum atomic E-state index is -2.45. The second-order valence-electron chi connectivity index (χ2n) is 3.34. The molecule has 5 heteroatoms. The summed E-state index contributed by atoms with van der Waals surface area (Å²) in [5.74, 6) is 0. The van der Waals surface area contributed by atoms with Gasteiger partial charge in [-0.3, -0.25) is 4.98 Å². The summed E-state index contributed by atoms with van der Waals surface area (Å²) < 4.78 is 23.4. The predicted molar refractivity (Wildman–Crippen MR) is 53.2 cm³/mol. The Kier molecular flexibility index (Phi) is 2.79. The lowest BCUT2D eigenvalue weighted by Crippen LogP contribution is -2.21. The van der Waals surface area contributed by atoms with E-state index in [2.05, 4.69) is 4.98 Å². The maximum absolute atomic E-state index is 10.9. The second-order valence-corrected chi connectivity index (χ2v) is 4.33. The van der Waals surface area contributed by atoms with Gasteiger partial charge in [0.1, 0.15) is 0 Å². The van der Waals surface area contributed by atoms with Crippen molar-refractivity contribution in [1.29, 1.82) is 0 Å². The Morgan fingerprint density at radius 2 is 2.07 bits per heavy atom. The monoisotopic (exact) mass is 212 g/mol. The summed E-state index contributed by atoms with van der Waals surface area (Å²) in [4.78, 5) is 3.92. The molecule has 1 aliphatic heterocycles. The molecule has 1 atom stereocenters. The molecule has 0 aromatic carbocycles. The van der Waals surface area contributed by atoms with Gasteiger partial charge in [-0.2, -0.15) is 4.31 Å². The molecule has 0 unspecified atom stereocenters.